The van der Waals surface area contributed by atoms with E-state index < -0.39 is 6.17 Å². The van der Waals surface area contributed by atoms with Crippen molar-refractivity contribution in [2.24, 2.45) is 0 Å². The molecule has 1 N–H and O–H groups in total. The molecule has 0 aromatic heterocycles. The first-order valence-corrected chi connectivity index (χ1v) is 5.60. The van der Waals surface area contributed by atoms with Gasteiger partial charge in [0.1, 0.15) is 6.17 Å². The molecule has 1 aliphatic carbocycles. The van der Waals surface area contributed by atoms with E-state index in [0.717, 1.165) is 5.57 Å². The van der Waals surface area contributed by atoms with Crippen molar-refractivity contribution in [1.29, 1.82) is 0 Å². The highest BCUT2D eigenvalue weighted by molar-refractivity contribution is 5.94. The maximum absolute atomic E-state index is 12.8. The van der Waals surface area contributed by atoms with Crippen LogP contribution < -0.4 is 5.32 Å². The van der Waals surface area contributed by atoms with E-state index in [1.54, 1.807) is 18.2 Å². The molecular weight excluding hydrogens is 217 g/mol. The zero-order valence-electron chi connectivity index (χ0n) is 9.40. The van der Waals surface area contributed by atoms with Gasteiger partial charge in [0.2, 0.25) is 0 Å². The normalized spacial score (nSPS) is 18.6. The number of hydrogen-bond donors (Lipinski definition) is 1. The predicted molar refractivity (Wildman–Crippen MR) is 65.5 cm³/mol. The Morgan fingerprint density at radius 3 is 2.76 bits per heavy atom. The summed E-state index contributed by atoms with van der Waals surface area (Å²) >= 11 is 0. The largest absolute Gasteiger partial charge is 0.348 e. The van der Waals surface area contributed by atoms with Crippen LogP contribution in [0, 0.1) is 0 Å². The SMILES string of the molecule is O=C(NCC1=CCC(F)C=C1)c1ccccc1. The molecular formula is C14H14FNO. The van der Waals surface area contributed by atoms with Crippen molar-refractivity contribution in [3.05, 3.63) is 59.7 Å². The van der Waals surface area contributed by atoms with Crippen LogP contribution in [0.5, 0.6) is 0 Å². The smallest absolute Gasteiger partial charge is 0.251 e. The van der Waals surface area contributed by atoms with Crippen LogP contribution in [-0.4, -0.2) is 18.6 Å². The zero-order chi connectivity index (χ0) is 12.1. The fourth-order valence-corrected chi connectivity index (χ4v) is 1.64. The number of halogens is 1. The van der Waals surface area contributed by atoms with Gasteiger partial charge >= 0.3 is 0 Å². The van der Waals surface area contributed by atoms with Crippen LogP contribution in [0.15, 0.2) is 54.1 Å². The lowest BCUT2D eigenvalue weighted by Crippen LogP contribution is -2.25. The van der Waals surface area contributed by atoms with Crippen LogP contribution >= 0.6 is 0 Å². The zero-order valence-corrected chi connectivity index (χ0v) is 9.40. The van der Waals surface area contributed by atoms with E-state index >= 15 is 0 Å². The molecule has 2 nitrogen and oxygen atoms in total. The van der Waals surface area contributed by atoms with Gasteiger partial charge in [-0.15, -0.1) is 0 Å². The minimum Gasteiger partial charge on any atom is -0.348 e. The summed E-state index contributed by atoms with van der Waals surface area (Å²) in [7, 11) is 0. The van der Waals surface area contributed by atoms with Gasteiger partial charge in [0.25, 0.3) is 5.91 Å². The number of carbonyl (C=O) groups excluding carboxylic acids is 1. The Hall–Kier alpha value is -1.90. The standard InChI is InChI=1S/C14H14FNO/c15-13-8-6-11(7-9-13)10-16-14(17)12-4-2-1-3-5-12/h1-8,13H,9-10H2,(H,16,17). The first-order chi connectivity index (χ1) is 8.25. The van der Waals surface area contributed by atoms with Crippen LogP contribution in [0.2, 0.25) is 0 Å². The average molecular weight is 231 g/mol. The maximum atomic E-state index is 12.8. The third-order valence-corrected chi connectivity index (χ3v) is 2.61. The second-order valence-corrected chi connectivity index (χ2v) is 3.94. The van der Waals surface area contributed by atoms with Crippen LogP contribution in [0.25, 0.3) is 0 Å². The quantitative estimate of drug-likeness (QED) is 0.851. The third kappa shape index (κ3) is 3.28. The molecule has 1 aromatic rings. The molecule has 0 aliphatic heterocycles. The molecule has 0 saturated carbocycles. The summed E-state index contributed by atoms with van der Waals surface area (Å²) in [5, 5.41) is 2.80. The van der Waals surface area contributed by atoms with Crippen LogP contribution in [0.1, 0.15) is 16.8 Å². The molecule has 3 heteroatoms. The lowest BCUT2D eigenvalue weighted by molar-refractivity contribution is 0.0957. The summed E-state index contributed by atoms with van der Waals surface area (Å²) in [6, 6.07) is 9.03. The van der Waals surface area contributed by atoms with Crippen LogP contribution in [0.4, 0.5) is 4.39 Å². The van der Waals surface area contributed by atoms with Crippen molar-refractivity contribution in [1.82, 2.24) is 5.32 Å². The molecule has 1 aromatic carbocycles. The Morgan fingerprint density at radius 2 is 2.12 bits per heavy atom. The molecule has 17 heavy (non-hydrogen) atoms. The van der Waals surface area contributed by atoms with Gasteiger partial charge in [-0.2, -0.15) is 0 Å². The lowest BCUT2D eigenvalue weighted by Gasteiger charge is -2.10. The van der Waals surface area contributed by atoms with Crippen molar-refractivity contribution >= 4 is 5.91 Å². The van der Waals surface area contributed by atoms with E-state index in [-0.39, 0.29) is 5.91 Å². The minimum absolute atomic E-state index is 0.109. The Bertz CT molecular complexity index is 451. The van der Waals surface area contributed by atoms with Gasteiger partial charge in [-0.05, 0) is 17.7 Å². The number of carbonyl (C=O) groups is 1. The van der Waals surface area contributed by atoms with E-state index in [4.69, 9.17) is 0 Å². The number of amides is 1. The molecule has 0 spiro atoms. The molecule has 0 radical (unpaired) electrons. The minimum atomic E-state index is -0.886. The van der Waals surface area contributed by atoms with Gasteiger partial charge in [-0.25, -0.2) is 4.39 Å². The summed E-state index contributed by atoms with van der Waals surface area (Å²) in [4.78, 5) is 11.7. The first-order valence-electron chi connectivity index (χ1n) is 5.60. The number of benzene rings is 1. The fourth-order valence-electron chi connectivity index (χ4n) is 1.64. The Morgan fingerprint density at radius 1 is 1.35 bits per heavy atom. The first kappa shape index (κ1) is 11.6. The lowest BCUT2D eigenvalue weighted by atomic mass is 10.1. The number of hydrogen-bond acceptors (Lipinski definition) is 1. The highest BCUT2D eigenvalue weighted by Gasteiger charge is 2.08. The number of alkyl halides is 1. The summed E-state index contributed by atoms with van der Waals surface area (Å²) in [6.45, 7) is 0.441. The molecule has 1 aliphatic rings. The molecule has 1 unspecified atom stereocenters. The Labute approximate surface area is 99.8 Å². The number of rotatable bonds is 3. The Balaban J connectivity index is 1.87. The third-order valence-electron chi connectivity index (χ3n) is 2.61. The van der Waals surface area contributed by atoms with Gasteiger partial charge in [0, 0.05) is 18.5 Å². The molecule has 2 rings (SSSR count). The topological polar surface area (TPSA) is 29.1 Å². The van der Waals surface area contributed by atoms with Crippen molar-refractivity contribution in [2.45, 2.75) is 12.6 Å². The molecule has 0 bridgehead atoms. The highest BCUT2D eigenvalue weighted by Crippen LogP contribution is 2.12. The second-order valence-electron chi connectivity index (χ2n) is 3.94. The van der Waals surface area contributed by atoms with E-state index in [1.165, 1.54) is 6.08 Å². The van der Waals surface area contributed by atoms with Crippen molar-refractivity contribution in [3.63, 3.8) is 0 Å². The van der Waals surface area contributed by atoms with E-state index in [1.807, 2.05) is 24.3 Å². The van der Waals surface area contributed by atoms with E-state index in [0.29, 0.717) is 18.5 Å². The van der Waals surface area contributed by atoms with Crippen LogP contribution in [-0.2, 0) is 0 Å². The summed E-state index contributed by atoms with van der Waals surface area (Å²) < 4.78 is 12.8. The summed E-state index contributed by atoms with van der Waals surface area (Å²) in [5.74, 6) is -0.109. The van der Waals surface area contributed by atoms with Crippen molar-refractivity contribution in [3.8, 4) is 0 Å². The molecule has 0 saturated heterocycles. The molecule has 1 amide bonds. The average Bonchev–Trinajstić information content (AvgIpc) is 2.39. The molecule has 88 valence electrons. The monoisotopic (exact) mass is 231 g/mol. The van der Waals surface area contributed by atoms with E-state index in [2.05, 4.69) is 5.32 Å². The van der Waals surface area contributed by atoms with Crippen LogP contribution in [0.3, 0.4) is 0 Å². The number of nitrogens with one attached hydrogen (secondary N) is 1. The molecule has 1 atom stereocenters. The van der Waals surface area contributed by atoms with Gasteiger partial charge in [0.05, 0.1) is 0 Å². The predicted octanol–water partition coefficient (Wildman–Crippen LogP) is 2.64. The van der Waals surface area contributed by atoms with E-state index in [9.17, 15) is 9.18 Å². The Kier molecular flexibility index (Phi) is 3.70. The summed E-state index contributed by atoms with van der Waals surface area (Å²) in [6.07, 6.45) is 4.57. The second kappa shape index (κ2) is 5.43. The molecule has 0 fully saturated rings. The van der Waals surface area contributed by atoms with Gasteiger partial charge in [0.15, 0.2) is 0 Å². The maximum Gasteiger partial charge on any atom is 0.251 e. The fraction of sp³-hybridized carbons (Fsp3) is 0.214. The number of allylic oxidation sites excluding steroid dienone is 2. The van der Waals surface area contributed by atoms with Crippen molar-refractivity contribution < 1.29 is 9.18 Å². The highest BCUT2D eigenvalue weighted by atomic mass is 19.1. The molecule has 0 heterocycles. The van der Waals surface area contributed by atoms with Gasteiger partial charge in [-0.3, -0.25) is 4.79 Å². The summed E-state index contributed by atoms with van der Waals surface area (Å²) in [5.41, 5.74) is 1.58. The van der Waals surface area contributed by atoms with Crippen molar-refractivity contribution in [2.75, 3.05) is 6.54 Å². The van der Waals surface area contributed by atoms with Gasteiger partial charge in [-0.1, -0.05) is 36.4 Å². The van der Waals surface area contributed by atoms with Gasteiger partial charge < -0.3 is 5.32 Å².